The zero-order chi connectivity index (χ0) is 12.5. The first kappa shape index (κ1) is 12.4. The predicted octanol–water partition coefficient (Wildman–Crippen LogP) is 0.857. The summed E-state index contributed by atoms with van der Waals surface area (Å²) in [6, 6.07) is 1.15. The highest BCUT2D eigenvalue weighted by atomic mass is 16.2. The Hall–Kier alpha value is -0.610. The van der Waals surface area contributed by atoms with Crippen LogP contribution in [0.15, 0.2) is 0 Å². The van der Waals surface area contributed by atoms with Crippen molar-refractivity contribution in [3.63, 3.8) is 0 Å². The summed E-state index contributed by atoms with van der Waals surface area (Å²) in [6.45, 7) is 2.01. The van der Waals surface area contributed by atoms with Gasteiger partial charge in [0.2, 0.25) is 5.91 Å². The Morgan fingerprint density at radius 2 is 2.06 bits per heavy atom. The third-order valence-corrected chi connectivity index (χ3v) is 4.53. The van der Waals surface area contributed by atoms with E-state index in [0.717, 1.165) is 13.1 Å². The molecule has 3 aliphatic rings. The molecule has 18 heavy (non-hydrogen) atoms. The van der Waals surface area contributed by atoms with Crippen LogP contribution in [0.3, 0.4) is 0 Å². The fraction of sp³-hybridized carbons (Fsp3) is 0.929. The van der Waals surface area contributed by atoms with Gasteiger partial charge in [-0.2, -0.15) is 0 Å². The van der Waals surface area contributed by atoms with E-state index in [4.69, 9.17) is 5.73 Å². The summed E-state index contributed by atoms with van der Waals surface area (Å²) in [5, 5.41) is 3.49. The molecule has 102 valence electrons. The maximum Gasteiger partial charge on any atom is 0.224 e. The minimum absolute atomic E-state index is 0.107. The van der Waals surface area contributed by atoms with Gasteiger partial charge in [-0.15, -0.1) is 0 Å². The monoisotopic (exact) mass is 251 g/mol. The zero-order valence-electron chi connectivity index (χ0n) is 11.1. The molecule has 3 N–H and O–H groups in total. The van der Waals surface area contributed by atoms with Gasteiger partial charge < -0.3 is 16.0 Å². The summed E-state index contributed by atoms with van der Waals surface area (Å²) in [6.07, 6.45) is 7.86. The van der Waals surface area contributed by atoms with E-state index in [-0.39, 0.29) is 6.04 Å². The van der Waals surface area contributed by atoms with Crippen LogP contribution < -0.4 is 11.1 Å². The SMILES string of the molecule is N[C@H](CC(=O)N(C[C@@H]1CCCN1)C1CC1)C1CC1. The van der Waals surface area contributed by atoms with E-state index in [0.29, 0.717) is 30.3 Å². The van der Waals surface area contributed by atoms with Crippen LogP contribution in [0.25, 0.3) is 0 Å². The van der Waals surface area contributed by atoms with Gasteiger partial charge in [-0.3, -0.25) is 4.79 Å². The average Bonchev–Trinajstić information content (AvgIpc) is 3.25. The molecule has 0 aromatic carbocycles. The van der Waals surface area contributed by atoms with Crippen molar-refractivity contribution in [2.24, 2.45) is 11.7 Å². The number of hydrogen-bond acceptors (Lipinski definition) is 3. The van der Waals surface area contributed by atoms with E-state index in [9.17, 15) is 4.79 Å². The maximum absolute atomic E-state index is 12.4. The summed E-state index contributed by atoms with van der Waals surface area (Å²) in [5.74, 6) is 0.921. The molecule has 0 radical (unpaired) electrons. The average molecular weight is 251 g/mol. The van der Waals surface area contributed by atoms with Crippen LogP contribution in [0.4, 0.5) is 0 Å². The Kier molecular flexibility index (Phi) is 3.57. The molecule has 4 heteroatoms. The van der Waals surface area contributed by atoms with Crippen molar-refractivity contribution in [2.75, 3.05) is 13.1 Å². The Morgan fingerprint density at radius 3 is 2.61 bits per heavy atom. The lowest BCUT2D eigenvalue weighted by atomic mass is 10.1. The second-order valence-electron chi connectivity index (χ2n) is 6.28. The van der Waals surface area contributed by atoms with E-state index in [1.54, 1.807) is 0 Å². The number of rotatable bonds is 6. The van der Waals surface area contributed by atoms with Crippen LogP contribution in [-0.2, 0) is 4.79 Å². The molecule has 1 amide bonds. The van der Waals surface area contributed by atoms with E-state index < -0.39 is 0 Å². The lowest BCUT2D eigenvalue weighted by Crippen LogP contribution is -2.44. The van der Waals surface area contributed by atoms with Gasteiger partial charge in [0.05, 0.1) is 0 Å². The first-order valence-corrected chi connectivity index (χ1v) is 7.52. The maximum atomic E-state index is 12.4. The van der Waals surface area contributed by atoms with E-state index in [2.05, 4.69) is 10.2 Å². The van der Waals surface area contributed by atoms with Crippen LogP contribution in [-0.4, -0.2) is 42.0 Å². The minimum Gasteiger partial charge on any atom is -0.338 e. The molecule has 0 aromatic heterocycles. The van der Waals surface area contributed by atoms with Crippen molar-refractivity contribution in [1.29, 1.82) is 0 Å². The van der Waals surface area contributed by atoms with Crippen molar-refractivity contribution in [2.45, 2.75) is 63.1 Å². The van der Waals surface area contributed by atoms with Gasteiger partial charge in [-0.1, -0.05) is 0 Å². The quantitative estimate of drug-likeness (QED) is 0.736. The highest BCUT2D eigenvalue weighted by molar-refractivity contribution is 5.77. The van der Waals surface area contributed by atoms with Crippen molar-refractivity contribution in [1.82, 2.24) is 10.2 Å². The molecule has 1 saturated heterocycles. The number of carbonyl (C=O) groups excluding carboxylic acids is 1. The van der Waals surface area contributed by atoms with Crippen molar-refractivity contribution in [3.05, 3.63) is 0 Å². The lowest BCUT2D eigenvalue weighted by molar-refractivity contribution is -0.132. The summed E-state index contributed by atoms with van der Waals surface area (Å²) < 4.78 is 0. The zero-order valence-corrected chi connectivity index (χ0v) is 11.1. The second kappa shape index (κ2) is 5.17. The number of nitrogens with zero attached hydrogens (tertiary/aromatic N) is 1. The third kappa shape index (κ3) is 3.04. The van der Waals surface area contributed by atoms with Crippen LogP contribution >= 0.6 is 0 Å². The molecule has 0 spiro atoms. The first-order valence-electron chi connectivity index (χ1n) is 7.52. The third-order valence-electron chi connectivity index (χ3n) is 4.53. The van der Waals surface area contributed by atoms with E-state index in [1.807, 2.05) is 0 Å². The Morgan fingerprint density at radius 1 is 1.28 bits per heavy atom. The summed E-state index contributed by atoms with van der Waals surface area (Å²) in [4.78, 5) is 14.5. The molecule has 2 atom stereocenters. The molecule has 1 heterocycles. The Balaban J connectivity index is 1.52. The normalized spacial score (nSPS) is 29.3. The largest absolute Gasteiger partial charge is 0.338 e. The fourth-order valence-electron chi connectivity index (χ4n) is 3.00. The smallest absolute Gasteiger partial charge is 0.224 e. The van der Waals surface area contributed by atoms with Gasteiger partial charge >= 0.3 is 0 Å². The van der Waals surface area contributed by atoms with Crippen molar-refractivity contribution < 1.29 is 4.79 Å². The minimum atomic E-state index is 0.107. The lowest BCUT2D eigenvalue weighted by Gasteiger charge is -2.27. The van der Waals surface area contributed by atoms with Gasteiger partial charge in [0.15, 0.2) is 0 Å². The predicted molar refractivity (Wildman–Crippen MR) is 71.1 cm³/mol. The second-order valence-corrected chi connectivity index (χ2v) is 6.28. The summed E-state index contributed by atoms with van der Waals surface area (Å²) in [7, 11) is 0. The Bertz CT molecular complexity index is 306. The molecule has 3 fully saturated rings. The highest BCUT2D eigenvalue weighted by Crippen LogP contribution is 2.34. The van der Waals surface area contributed by atoms with Crippen molar-refractivity contribution >= 4 is 5.91 Å². The molecule has 0 unspecified atom stereocenters. The molecular weight excluding hydrogens is 226 g/mol. The Labute approximate surface area is 109 Å². The van der Waals surface area contributed by atoms with Gasteiger partial charge in [-0.25, -0.2) is 0 Å². The standard InChI is InChI=1S/C14H25N3O/c15-13(10-3-4-10)8-14(18)17(12-5-6-12)9-11-2-1-7-16-11/h10-13,16H,1-9,15H2/t11-,13+/m0/s1. The number of hydrogen-bond donors (Lipinski definition) is 2. The van der Waals surface area contributed by atoms with Crippen LogP contribution in [0, 0.1) is 5.92 Å². The molecule has 3 rings (SSSR count). The molecule has 1 aliphatic heterocycles. The molecule has 2 saturated carbocycles. The topological polar surface area (TPSA) is 58.4 Å². The van der Waals surface area contributed by atoms with Gasteiger partial charge in [0.25, 0.3) is 0 Å². The molecule has 0 aromatic rings. The van der Waals surface area contributed by atoms with Gasteiger partial charge in [0.1, 0.15) is 0 Å². The van der Waals surface area contributed by atoms with Gasteiger partial charge in [-0.05, 0) is 51.0 Å². The van der Waals surface area contributed by atoms with Crippen LogP contribution in [0.5, 0.6) is 0 Å². The first-order chi connectivity index (χ1) is 8.74. The molecule has 2 aliphatic carbocycles. The number of nitrogens with two attached hydrogens (primary N) is 1. The van der Waals surface area contributed by atoms with Gasteiger partial charge in [0, 0.05) is 31.1 Å². The van der Waals surface area contributed by atoms with E-state index in [1.165, 1.54) is 38.5 Å². The molecule has 0 bridgehead atoms. The summed E-state index contributed by atoms with van der Waals surface area (Å²) in [5.41, 5.74) is 6.08. The fourth-order valence-corrected chi connectivity index (χ4v) is 3.00. The number of carbonyl (C=O) groups is 1. The molecular formula is C14H25N3O. The summed E-state index contributed by atoms with van der Waals surface area (Å²) >= 11 is 0. The van der Waals surface area contributed by atoms with Crippen LogP contribution in [0.1, 0.15) is 44.9 Å². The number of amides is 1. The number of nitrogens with one attached hydrogen (secondary N) is 1. The van der Waals surface area contributed by atoms with E-state index >= 15 is 0 Å². The molecule has 4 nitrogen and oxygen atoms in total. The highest BCUT2D eigenvalue weighted by Gasteiger charge is 2.37. The van der Waals surface area contributed by atoms with Crippen molar-refractivity contribution in [3.8, 4) is 0 Å². The van der Waals surface area contributed by atoms with Crippen LogP contribution in [0.2, 0.25) is 0 Å².